The van der Waals surface area contributed by atoms with Crippen molar-refractivity contribution in [2.24, 2.45) is 0 Å². The first-order valence-corrected chi connectivity index (χ1v) is 15.7. The van der Waals surface area contributed by atoms with Gasteiger partial charge in [-0.2, -0.15) is 9.78 Å². The molecule has 0 bridgehead atoms. The van der Waals surface area contributed by atoms with Crippen LogP contribution < -0.4 is 9.80 Å². The number of likely N-dealkylation sites (N-methyl/N-ethyl adjacent to an activating group) is 1. The standard InChI is InChI=1S/C28H34FN9O2S2/c1-4-21-25(35(3)26-32-24(22(15-30)41-26)18-5-7-19(29)8-6-18)38-27(31-21)42-28(33-38)37-10-9-20(16-37)34(2)17-23(39)36-11-13-40-14-12-36/h5-8,20,23,39H,4,9-14,16-17H2,1-3H3. The van der Waals surface area contributed by atoms with E-state index < -0.39 is 6.23 Å². The largest absolute Gasteiger partial charge is 0.379 e. The number of hydrogen-bond acceptors (Lipinski definition) is 12. The van der Waals surface area contributed by atoms with E-state index in [1.165, 1.54) is 23.5 Å². The number of aliphatic hydroxyl groups excluding tert-OH is 1. The van der Waals surface area contributed by atoms with Gasteiger partial charge in [-0.05, 0) is 44.2 Å². The van der Waals surface area contributed by atoms with Crippen LogP contribution in [0.5, 0.6) is 0 Å². The Morgan fingerprint density at radius 2 is 1.93 bits per heavy atom. The highest BCUT2D eigenvalue weighted by Crippen LogP contribution is 2.38. The molecule has 4 aromatic rings. The van der Waals surface area contributed by atoms with Crippen LogP contribution in [0.15, 0.2) is 24.3 Å². The molecule has 2 saturated heterocycles. The molecule has 11 nitrogen and oxygen atoms in total. The first-order chi connectivity index (χ1) is 20.4. The Balaban J connectivity index is 1.21. The number of aliphatic hydroxyl groups is 1. The van der Waals surface area contributed by atoms with Crippen molar-refractivity contribution in [1.82, 2.24) is 29.4 Å². The number of thiazole rings is 1. The number of aromatic nitrogens is 4. The number of rotatable bonds is 9. The number of anilines is 3. The van der Waals surface area contributed by atoms with E-state index in [4.69, 9.17) is 19.8 Å². The molecule has 0 spiro atoms. The van der Waals surface area contributed by atoms with Crippen molar-refractivity contribution in [3.05, 3.63) is 40.7 Å². The molecule has 42 heavy (non-hydrogen) atoms. The molecule has 0 aliphatic carbocycles. The van der Waals surface area contributed by atoms with Crippen LogP contribution in [0.25, 0.3) is 16.2 Å². The molecule has 0 amide bonds. The zero-order valence-electron chi connectivity index (χ0n) is 23.9. The lowest BCUT2D eigenvalue weighted by atomic mass is 10.1. The van der Waals surface area contributed by atoms with E-state index in [1.807, 2.05) is 16.5 Å². The van der Waals surface area contributed by atoms with Crippen LogP contribution >= 0.6 is 22.7 Å². The van der Waals surface area contributed by atoms with Gasteiger partial charge in [-0.25, -0.2) is 14.4 Å². The summed E-state index contributed by atoms with van der Waals surface area (Å²) in [6, 6.07) is 8.59. The van der Waals surface area contributed by atoms with Crippen LogP contribution in [-0.2, 0) is 11.2 Å². The Morgan fingerprint density at radius 3 is 2.64 bits per heavy atom. The van der Waals surface area contributed by atoms with Crippen LogP contribution in [0.4, 0.5) is 20.5 Å². The van der Waals surface area contributed by atoms with Crippen molar-refractivity contribution >= 4 is 43.7 Å². The van der Waals surface area contributed by atoms with Crippen LogP contribution in [0.1, 0.15) is 23.9 Å². The summed E-state index contributed by atoms with van der Waals surface area (Å²) in [5.41, 5.74) is 2.13. The molecule has 1 N–H and O–H groups in total. The number of hydrogen-bond donors (Lipinski definition) is 1. The fraction of sp³-hybridized carbons (Fsp3) is 0.500. The lowest BCUT2D eigenvalue weighted by molar-refractivity contribution is -0.0713. The predicted molar refractivity (Wildman–Crippen MR) is 162 cm³/mol. The number of morpholine rings is 1. The topological polar surface area (TPSA) is 109 Å². The third kappa shape index (κ3) is 5.60. The average molecular weight is 612 g/mol. The molecule has 3 aromatic heterocycles. The second-order valence-electron chi connectivity index (χ2n) is 10.6. The molecule has 2 atom stereocenters. The Morgan fingerprint density at radius 1 is 1.17 bits per heavy atom. The first-order valence-electron chi connectivity index (χ1n) is 14.1. The van der Waals surface area contributed by atoms with Crippen molar-refractivity contribution in [1.29, 1.82) is 5.26 Å². The summed E-state index contributed by atoms with van der Waals surface area (Å²) >= 11 is 2.85. The van der Waals surface area contributed by atoms with Gasteiger partial charge < -0.3 is 19.6 Å². The molecule has 222 valence electrons. The lowest BCUT2D eigenvalue weighted by Crippen LogP contribution is -2.50. The van der Waals surface area contributed by atoms with Gasteiger partial charge in [-0.1, -0.05) is 29.6 Å². The van der Waals surface area contributed by atoms with Gasteiger partial charge in [0, 0.05) is 51.4 Å². The Bertz CT molecular complexity index is 1570. The number of nitrogens with zero attached hydrogens (tertiary/aromatic N) is 9. The highest BCUT2D eigenvalue weighted by Gasteiger charge is 2.31. The van der Waals surface area contributed by atoms with Gasteiger partial charge in [0.15, 0.2) is 10.9 Å². The Hall–Kier alpha value is -3.19. The van der Waals surface area contributed by atoms with Crippen molar-refractivity contribution < 1.29 is 14.2 Å². The van der Waals surface area contributed by atoms with Gasteiger partial charge in [0.05, 0.1) is 18.9 Å². The zero-order valence-corrected chi connectivity index (χ0v) is 25.5. The summed E-state index contributed by atoms with van der Waals surface area (Å²) in [5.74, 6) is 0.486. The number of benzene rings is 1. The van der Waals surface area contributed by atoms with Crippen molar-refractivity contribution in [2.75, 3.05) is 69.8 Å². The van der Waals surface area contributed by atoms with Gasteiger partial charge >= 0.3 is 0 Å². The zero-order chi connectivity index (χ0) is 29.4. The van der Waals surface area contributed by atoms with E-state index in [9.17, 15) is 14.8 Å². The van der Waals surface area contributed by atoms with Crippen molar-refractivity contribution in [3.63, 3.8) is 0 Å². The Labute approximate surface area is 252 Å². The highest BCUT2D eigenvalue weighted by molar-refractivity contribution is 7.20. The molecular weight excluding hydrogens is 578 g/mol. The molecule has 0 saturated carbocycles. The number of ether oxygens (including phenoxy) is 1. The van der Waals surface area contributed by atoms with Crippen LogP contribution in [-0.4, -0.2) is 107 Å². The van der Waals surface area contributed by atoms with Crippen molar-refractivity contribution in [3.8, 4) is 17.3 Å². The van der Waals surface area contributed by atoms with Gasteiger partial charge in [-0.15, -0.1) is 5.10 Å². The summed E-state index contributed by atoms with van der Waals surface area (Å²) in [5, 5.41) is 27.1. The van der Waals surface area contributed by atoms with Gasteiger partial charge in [-0.3, -0.25) is 9.80 Å². The molecule has 1 aromatic carbocycles. The van der Waals surface area contributed by atoms with E-state index in [0.717, 1.165) is 54.2 Å². The first kappa shape index (κ1) is 28.9. The molecule has 2 unspecified atom stereocenters. The van der Waals surface area contributed by atoms with Crippen molar-refractivity contribution in [2.45, 2.75) is 32.0 Å². The lowest BCUT2D eigenvalue weighted by Gasteiger charge is -2.35. The van der Waals surface area contributed by atoms with E-state index in [2.05, 4.69) is 34.7 Å². The third-order valence-electron chi connectivity index (χ3n) is 7.99. The third-order valence-corrected chi connectivity index (χ3v) is 9.99. The smallest absolute Gasteiger partial charge is 0.216 e. The average Bonchev–Trinajstić information content (AvgIpc) is 3.80. The molecule has 2 aliphatic rings. The SMILES string of the molecule is CCc1nc2sc(N3CCC(N(C)CC(O)N4CCOCC4)C3)nn2c1N(C)c1nc(-c2ccc(F)cc2)c(C#N)s1. The van der Waals surface area contributed by atoms with E-state index in [1.54, 1.807) is 23.5 Å². The number of aryl methyl sites for hydroxylation is 1. The minimum Gasteiger partial charge on any atom is -0.379 e. The maximum atomic E-state index is 13.5. The van der Waals surface area contributed by atoms with Gasteiger partial charge in [0.1, 0.15) is 28.7 Å². The summed E-state index contributed by atoms with van der Waals surface area (Å²) < 4.78 is 20.8. The molecule has 2 aliphatic heterocycles. The summed E-state index contributed by atoms with van der Waals surface area (Å²) in [7, 11) is 3.99. The molecule has 6 rings (SSSR count). The number of imidazole rings is 1. The summed E-state index contributed by atoms with van der Waals surface area (Å²) in [4.78, 5) is 19.5. The molecule has 2 fully saturated rings. The highest BCUT2D eigenvalue weighted by atomic mass is 32.1. The monoisotopic (exact) mass is 611 g/mol. The second-order valence-corrected chi connectivity index (χ2v) is 12.5. The second kappa shape index (κ2) is 12.2. The van der Waals surface area contributed by atoms with Crippen LogP contribution in [0.3, 0.4) is 0 Å². The molecular formula is C28H34FN9O2S2. The maximum Gasteiger partial charge on any atom is 0.216 e. The minimum absolute atomic E-state index is 0.315. The van der Waals surface area contributed by atoms with E-state index >= 15 is 0 Å². The number of nitriles is 1. The summed E-state index contributed by atoms with van der Waals surface area (Å²) in [6.45, 7) is 7.20. The maximum absolute atomic E-state index is 13.5. The molecule has 5 heterocycles. The van der Waals surface area contributed by atoms with Gasteiger partial charge in [0.25, 0.3) is 0 Å². The van der Waals surface area contributed by atoms with E-state index in [-0.39, 0.29) is 5.82 Å². The fourth-order valence-corrected chi connectivity index (χ4v) is 7.36. The molecule has 0 radical (unpaired) electrons. The van der Waals surface area contributed by atoms with Crippen LogP contribution in [0, 0.1) is 17.1 Å². The molecule has 14 heteroatoms. The van der Waals surface area contributed by atoms with E-state index in [0.29, 0.717) is 53.5 Å². The quantitative estimate of drug-likeness (QED) is 0.302. The number of halogens is 1. The normalized spacial score (nSPS) is 18.7. The fourth-order valence-electron chi connectivity index (χ4n) is 5.57. The summed E-state index contributed by atoms with van der Waals surface area (Å²) in [6.07, 6.45) is 1.20. The Kier molecular flexibility index (Phi) is 8.39. The minimum atomic E-state index is -0.502. The van der Waals surface area contributed by atoms with Crippen LogP contribution in [0.2, 0.25) is 0 Å². The predicted octanol–water partition coefficient (Wildman–Crippen LogP) is 3.42. The van der Waals surface area contributed by atoms with Gasteiger partial charge in [0.2, 0.25) is 10.1 Å². The number of fused-ring (bicyclic) bond motifs is 1.